The second kappa shape index (κ2) is 12.5. The summed E-state index contributed by atoms with van der Waals surface area (Å²) in [4.78, 5) is 25.2. The Hall–Kier alpha value is -3.55. The van der Waals surface area contributed by atoms with Crippen molar-refractivity contribution in [1.29, 1.82) is 0 Å². The Morgan fingerprint density at radius 2 is 1.76 bits per heavy atom. The molecule has 33 heavy (non-hydrogen) atoms. The van der Waals surface area contributed by atoms with Gasteiger partial charge >= 0.3 is 0 Å². The SMILES string of the molecule is COc1ccc(/C=N\NC(=O)[C@H](CC(C)C)NC(=O)COc2c(C)cccc2C)c(OC)c1. The van der Waals surface area contributed by atoms with Gasteiger partial charge in [-0.15, -0.1) is 0 Å². The first-order chi connectivity index (χ1) is 15.7. The number of carbonyl (C=O) groups excluding carboxylic acids is 2. The minimum Gasteiger partial charge on any atom is -0.497 e. The molecule has 0 saturated carbocycles. The standard InChI is InChI=1S/C25H33N3O5/c1-16(2)12-21(27-23(29)15-33-24-17(3)8-7-9-18(24)4)25(30)28-26-14-19-10-11-20(31-5)13-22(19)32-6/h7-11,13-14,16,21H,12,15H2,1-6H3,(H,27,29)(H,28,30)/b26-14-/t21-/m0/s1. The van der Waals surface area contributed by atoms with Gasteiger partial charge in [0, 0.05) is 11.6 Å². The second-order valence-corrected chi connectivity index (χ2v) is 8.10. The van der Waals surface area contributed by atoms with Crippen LogP contribution in [-0.2, 0) is 9.59 Å². The summed E-state index contributed by atoms with van der Waals surface area (Å²) in [6.45, 7) is 7.62. The molecule has 2 rings (SSSR count). The monoisotopic (exact) mass is 455 g/mol. The Balaban J connectivity index is 2.00. The first-order valence-electron chi connectivity index (χ1n) is 10.8. The highest BCUT2D eigenvalue weighted by Gasteiger charge is 2.22. The van der Waals surface area contributed by atoms with Gasteiger partial charge in [0.05, 0.1) is 20.4 Å². The Kier molecular flexibility index (Phi) is 9.72. The molecule has 8 nitrogen and oxygen atoms in total. The van der Waals surface area contributed by atoms with E-state index in [1.165, 1.54) is 6.21 Å². The molecule has 0 aromatic heterocycles. The molecular formula is C25H33N3O5. The van der Waals surface area contributed by atoms with E-state index in [9.17, 15) is 9.59 Å². The van der Waals surface area contributed by atoms with Gasteiger partial charge in [-0.2, -0.15) is 5.10 Å². The lowest BCUT2D eigenvalue weighted by atomic mass is 10.0. The third-order valence-electron chi connectivity index (χ3n) is 4.93. The molecule has 0 aliphatic heterocycles. The molecule has 1 atom stereocenters. The van der Waals surface area contributed by atoms with Crippen LogP contribution in [0.1, 0.15) is 37.0 Å². The molecule has 0 saturated heterocycles. The fraction of sp³-hybridized carbons (Fsp3) is 0.400. The van der Waals surface area contributed by atoms with E-state index in [4.69, 9.17) is 14.2 Å². The molecule has 0 bridgehead atoms. The van der Waals surface area contributed by atoms with E-state index in [1.807, 2.05) is 45.9 Å². The summed E-state index contributed by atoms with van der Waals surface area (Å²) in [6, 6.07) is 10.3. The van der Waals surface area contributed by atoms with Crippen molar-refractivity contribution in [2.24, 2.45) is 11.0 Å². The molecule has 2 N–H and O–H groups in total. The third-order valence-corrected chi connectivity index (χ3v) is 4.93. The molecule has 2 aromatic rings. The summed E-state index contributed by atoms with van der Waals surface area (Å²) in [5.41, 5.74) is 5.07. The van der Waals surface area contributed by atoms with Gasteiger partial charge in [0.15, 0.2) is 6.61 Å². The number of benzene rings is 2. The Morgan fingerprint density at radius 1 is 1.06 bits per heavy atom. The molecule has 0 heterocycles. The van der Waals surface area contributed by atoms with E-state index in [0.29, 0.717) is 29.2 Å². The number of hydrogen-bond acceptors (Lipinski definition) is 6. The molecular weight excluding hydrogens is 422 g/mol. The average Bonchev–Trinajstić information content (AvgIpc) is 2.78. The number of hydrogen-bond donors (Lipinski definition) is 2. The van der Waals surface area contributed by atoms with Crippen LogP contribution < -0.4 is 25.0 Å². The second-order valence-electron chi connectivity index (χ2n) is 8.10. The molecule has 0 fully saturated rings. The van der Waals surface area contributed by atoms with Crippen LogP contribution in [0.5, 0.6) is 17.2 Å². The van der Waals surface area contributed by atoms with Crippen molar-refractivity contribution in [3.63, 3.8) is 0 Å². The molecule has 8 heteroatoms. The number of para-hydroxylation sites is 1. The van der Waals surface area contributed by atoms with E-state index < -0.39 is 11.9 Å². The Morgan fingerprint density at radius 3 is 2.36 bits per heavy atom. The lowest BCUT2D eigenvalue weighted by Gasteiger charge is -2.19. The van der Waals surface area contributed by atoms with Crippen LogP contribution in [0.3, 0.4) is 0 Å². The van der Waals surface area contributed by atoms with E-state index >= 15 is 0 Å². The lowest BCUT2D eigenvalue weighted by molar-refractivity contribution is -0.130. The fourth-order valence-corrected chi connectivity index (χ4v) is 3.27. The zero-order valence-electron chi connectivity index (χ0n) is 20.1. The van der Waals surface area contributed by atoms with Gasteiger partial charge in [-0.25, -0.2) is 5.43 Å². The van der Waals surface area contributed by atoms with Crippen molar-refractivity contribution in [3.05, 3.63) is 53.1 Å². The van der Waals surface area contributed by atoms with E-state index in [0.717, 1.165) is 11.1 Å². The van der Waals surface area contributed by atoms with Crippen LogP contribution in [0.25, 0.3) is 0 Å². The van der Waals surface area contributed by atoms with Gasteiger partial charge in [-0.3, -0.25) is 9.59 Å². The Bertz CT molecular complexity index is 968. The van der Waals surface area contributed by atoms with Crippen molar-refractivity contribution < 1.29 is 23.8 Å². The van der Waals surface area contributed by atoms with E-state index in [1.54, 1.807) is 32.4 Å². The highest BCUT2D eigenvalue weighted by atomic mass is 16.5. The van der Waals surface area contributed by atoms with Crippen LogP contribution in [0.2, 0.25) is 0 Å². The maximum absolute atomic E-state index is 12.7. The van der Waals surface area contributed by atoms with Gasteiger partial charge in [0.2, 0.25) is 0 Å². The maximum atomic E-state index is 12.7. The predicted octanol–water partition coefficient (Wildman–Crippen LogP) is 3.38. The summed E-state index contributed by atoms with van der Waals surface area (Å²) in [6.07, 6.45) is 1.94. The van der Waals surface area contributed by atoms with Crippen molar-refractivity contribution >= 4 is 18.0 Å². The zero-order chi connectivity index (χ0) is 24.4. The topological polar surface area (TPSA) is 98.2 Å². The van der Waals surface area contributed by atoms with Gasteiger partial charge < -0.3 is 19.5 Å². The number of methoxy groups -OCH3 is 2. The fourth-order valence-electron chi connectivity index (χ4n) is 3.27. The molecule has 0 unspecified atom stereocenters. The molecule has 0 aliphatic carbocycles. The number of aryl methyl sites for hydroxylation is 2. The quantitative estimate of drug-likeness (QED) is 0.400. The number of hydrazone groups is 1. The van der Waals surface area contributed by atoms with Gasteiger partial charge in [-0.1, -0.05) is 32.0 Å². The summed E-state index contributed by atoms with van der Waals surface area (Å²) in [5, 5.41) is 6.78. The van der Waals surface area contributed by atoms with E-state index in [-0.39, 0.29) is 18.4 Å². The summed E-state index contributed by atoms with van der Waals surface area (Å²) >= 11 is 0. The van der Waals surface area contributed by atoms with Crippen molar-refractivity contribution in [1.82, 2.24) is 10.7 Å². The van der Waals surface area contributed by atoms with Crippen LogP contribution in [-0.4, -0.2) is 44.9 Å². The lowest BCUT2D eigenvalue weighted by Crippen LogP contribution is -2.47. The molecule has 178 valence electrons. The van der Waals surface area contributed by atoms with Crippen molar-refractivity contribution in [3.8, 4) is 17.2 Å². The molecule has 0 aliphatic rings. The number of ether oxygens (including phenoxy) is 3. The van der Waals surface area contributed by atoms with Crippen LogP contribution in [0.4, 0.5) is 0 Å². The molecule has 2 aromatic carbocycles. The number of nitrogens with zero attached hydrogens (tertiary/aromatic N) is 1. The number of amides is 2. The predicted molar refractivity (Wildman–Crippen MR) is 128 cm³/mol. The average molecular weight is 456 g/mol. The van der Waals surface area contributed by atoms with E-state index in [2.05, 4.69) is 15.8 Å². The van der Waals surface area contributed by atoms with Gasteiger partial charge in [-0.05, 0) is 49.4 Å². The molecule has 2 amide bonds. The van der Waals surface area contributed by atoms with Crippen molar-refractivity contribution in [2.45, 2.75) is 40.2 Å². The van der Waals surface area contributed by atoms with Crippen LogP contribution >= 0.6 is 0 Å². The van der Waals surface area contributed by atoms with Crippen molar-refractivity contribution in [2.75, 3.05) is 20.8 Å². The van der Waals surface area contributed by atoms with Crippen LogP contribution in [0, 0.1) is 19.8 Å². The first kappa shape index (κ1) is 25.7. The highest BCUT2D eigenvalue weighted by molar-refractivity contribution is 5.90. The number of carbonyl (C=O) groups is 2. The first-order valence-corrected chi connectivity index (χ1v) is 10.8. The number of nitrogens with one attached hydrogen (secondary N) is 2. The highest BCUT2D eigenvalue weighted by Crippen LogP contribution is 2.23. The summed E-state index contributed by atoms with van der Waals surface area (Å²) in [5.74, 6) is 1.28. The zero-order valence-corrected chi connectivity index (χ0v) is 20.1. The smallest absolute Gasteiger partial charge is 0.262 e. The normalized spacial score (nSPS) is 11.8. The van der Waals surface area contributed by atoms with Crippen LogP contribution in [0.15, 0.2) is 41.5 Å². The minimum absolute atomic E-state index is 0.181. The summed E-state index contributed by atoms with van der Waals surface area (Å²) in [7, 11) is 3.11. The number of rotatable bonds is 11. The Labute approximate surface area is 195 Å². The molecule has 0 radical (unpaired) electrons. The summed E-state index contributed by atoms with van der Waals surface area (Å²) < 4.78 is 16.2. The largest absolute Gasteiger partial charge is 0.497 e. The maximum Gasteiger partial charge on any atom is 0.262 e. The van der Waals surface area contributed by atoms with Gasteiger partial charge in [0.25, 0.3) is 11.8 Å². The van der Waals surface area contributed by atoms with Gasteiger partial charge in [0.1, 0.15) is 23.3 Å². The minimum atomic E-state index is -0.742. The molecule has 0 spiro atoms. The third kappa shape index (κ3) is 7.82.